The first kappa shape index (κ1) is 10.9. The quantitative estimate of drug-likeness (QED) is 0.799. The maximum Gasteiger partial charge on any atom is 0.151 e. The lowest BCUT2D eigenvalue weighted by molar-refractivity contribution is 0.208. The number of aliphatic hydroxyl groups excluding tert-OH is 1. The van der Waals surface area contributed by atoms with Gasteiger partial charge in [-0.25, -0.2) is 4.98 Å². The van der Waals surface area contributed by atoms with Crippen LogP contribution in [0.2, 0.25) is 0 Å². The molecule has 3 N–H and O–H groups in total. The lowest BCUT2D eigenvalue weighted by Crippen LogP contribution is -2.21. The third kappa shape index (κ3) is 2.69. The zero-order valence-electron chi connectivity index (χ0n) is 8.09. The van der Waals surface area contributed by atoms with Gasteiger partial charge in [0.05, 0.1) is 16.3 Å². The van der Waals surface area contributed by atoms with Crippen molar-refractivity contribution < 1.29 is 5.11 Å². The van der Waals surface area contributed by atoms with E-state index in [1.807, 2.05) is 18.2 Å². The first-order valence-electron chi connectivity index (χ1n) is 4.66. The Bertz CT molecular complexity index is 411. The molecule has 0 aliphatic heterocycles. The van der Waals surface area contributed by atoms with Gasteiger partial charge in [0.1, 0.15) is 0 Å². The maximum atomic E-state index is 9.33. The van der Waals surface area contributed by atoms with E-state index in [0.717, 1.165) is 9.86 Å². The van der Waals surface area contributed by atoms with E-state index in [0.29, 0.717) is 12.3 Å². The Kier molecular flexibility index (Phi) is 3.58. The highest BCUT2D eigenvalue weighted by atomic mass is 32.2. The molecule has 80 valence electrons. The number of benzene rings is 1. The first-order chi connectivity index (χ1) is 7.29. The van der Waals surface area contributed by atoms with E-state index in [2.05, 4.69) is 11.1 Å². The number of thioether (sulfide) groups is 1. The molecule has 1 aromatic carbocycles. The van der Waals surface area contributed by atoms with Gasteiger partial charge >= 0.3 is 0 Å². The molecule has 3 nitrogen and oxygen atoms in total. The Hall–Kier alpha value is -0.620. The van der Waals surface area contributed by atoms with Crippen LogP contribution in [0.1, 0.15) is 0 Å². The molecule has 2 rings (SSSR count). The molecule has 1 aromatic heterocycles. The van der Waals surface area contributed by atoms with Crippen LogP contribution in [-0.4, -0.2) is 28.5 Å². The fraction of sp³-hybridized carbons (Fsp3) is 0.300. The van der Waals surface area contributed by atoms with E-state index >= 15 is 0 Å². The number of para-hydroxylation sites is 1. The number of aromatic nitrogens is 1. The van der Waals surface area contributed by atoms with Crippen molar-refractivity contribution >= 4 is 33.3 Å². The third-order valence-corrected chi connectivity index (χ3v) is 4.27. The second-order valence-corrected chi connectivity index (χ2v) is 5.45. The van der Waals surface area contributed by atoms with Crippen molar-refractivity contribution in [3.63, 3.8) is 0 Å². The number of nitrogens with two attached hydrogens (primary N) is 1. The van der Waals surface area contributed by atoms with Gasteiger partial charge in [-0.05, 0) is 12.1 Å². The van der Waals surface area contributed by atoms with Gasteiger partial charge in [0, 0.05) is 12.3 Å². The largest absolute Gasteiger partial charge is 0.391 e. The summed E-state index contributed by atoms with van der Waals surface area (Å²) >= 11 is 3.21. The molecule has 0 unspecified atom stereocenters. The van der Waals surface area contributed by atoms with Gasteiger partial charge in [0.15, 0.2) is 4.34 Å². The Morgan fingerprint density at radius 1 is 1.47 bits per heavy atom. The van der Waals surface area contributed by atoms with Crippen molar-refractivity contribution in [2.75, 3.05) is 12.3 Å². The van der Waals surface area contributed by atoms with Crippen LogP contribution in [0.15, 0.2) is 28.6 Å². The zero-order chi connectivity index (χ0) is 10.7. The highest BCUT2D eigenvalue weighted by Gasteiger charge is 2.06. The molecule has 1 atom stereocenters. The molecule has 0 spiro atoms. The van der Waals surface area contributed by atoms with Gasteiger partial charge < -0.3 is 10.8 Å². The average molecular weight is 240 g/mol. The summed E-state index contributed by atoms with van der Waals surface area (Å²) in [4.78, 5) is 4.45. The molecule has 5 heteroatoms. The molecule has 0 aliphatic carbocycles. The monoisotopic (exact) mass is 240 g/mol. The number of rotatable bonds is 4. The summed E-state index contributed by atoms with van der Waals surface area (Å²) in [5.41, 5.74) is 6.35. The molecule has 0 saturated carbocycles. The lowest BCUT2D eigenvalue weighted by atomic mass is 10.3. The minimum Gasteiger partial charge on any atom is -0.391 e. The molecule has 0 bridgehead atoms. The van der Waals surface area contributed by atoms with E-state index < -0.39 is 6.10 Å². The normalized spacial score (nSPS) is 13.2. The highest BCUT2D eigenvalue weighted by Crippen LogP contribution is 2.29. The molecular formula is C10H12N2OS2. The van der Waals surface area contributed by atoms with Crippen LogP contribution in [0, 0.1) is 0 Å². The third-order valence-electron chi connectivity index (χ3n) is 1.95. The average Bonchev–Trinajstić information content (AvgIpc) is 2.68. The Morgan fingerprint density at radius 2 is 2.27 bits per heavy atom. The maximum absolute atomic E-state index is 9.33. The SMILES string of the molecule is NC[C@@H](O)CSc1nc2ccccc2s1. The number of nitrogens with zero attached hydrogens (tertiary/aromatic N) is 1. The predicted molar refractivity (Wildman–Crippen MR) is 65.4 cm³/mol. The van der Waals surface area contributed by atoms with Crippen molar-refractivity contribution in [2.24, 2.45) is 5.73 Å². The number of aliphatic hydroxyl groups is 1. The van der Waals surface area contributed by atoms with Crippen molar-refractivity contribution in [3.8, 4) is 0 Å². The summed E-state index contributed by atoms with van der Waals surface area (Å²) < 4.78 is 2.17. The second-order valence-electron chi connectivity index (χ2n) is 3.15. The van der Waals surface area contributed by atoms with Crippen LogP contribution in [0.3, 0.4) is 0 Å². The van der Waals surface area contributed by atoms with Gasteiger partial charge in [0.2, 0.25) is 0 Å². The predicted octanol–water partition coefficient (Wildman–Crippen LogP) is 1.71. The lowest BCUT2D eigenvalue weighted by Gasteiger charge is -2.03. The van der Waals surface area contributed by atoms with E-state index in [4.69, 9.17) is 5.73 Å². The molecule has 0 fully saturated rings. The fourth-order valence-electron chi connectivity index (χ4n) is 1.15. The molecule has 1 heterocycles. The summed E-state index contributed by atoms with van der Waals surface area (Å²) in [5.74, 6) is 0.607. The van der Waals surface area contributed by atoms with Gasteiger partial charge in [-0.2, -0.15) is 0 Å². The van der Waals surface area contributed by atoms with Crippen LogP contribution in [0.4, 0.5) is 0 Å². The Labute approximate surface area is 96.3 Å². The summed E-state index contributed by atoms with van der Waals surface area (Å²) in [6, 6.07) is 8.03. The zero-order valence-corrected chi connectivity index (χ0v) is 9.72. The van der Waals surface area contributed by atoms with E-state index in [1.54, 1.807) is 23.1 Å². The summed E-state index contributed by atoms with van der Waals surface area (Å²) in [5, 5.41) is 9.33. The van der Waals surface area contributed by atoms with Gasteiger partial charge in [-0.1, -0.05) is 23.9 Å². The highest BCUT2D eigenvalue weighted by molar-refractivity contribution is 8.01. The van der Waals surface area contributed by atoms with Crippen LogP contribution < -0.4 is 5.73 Å². The smallest absolute Gasteiger partial charge is 0.151 e. The minimum absolute atomic E-state index is 0.303. The minimum atomic E-state index is -0.443. The summed E-state index contributed by atoms with van der Waals surface area (Å²) in [7, 11) is 0. The van der Waals surface area contributed by atoms with Gasteiger partial charge in [0.25, 0.3) is 0 Å². The van der Waals surface area contributed by atoms with Crippen molar-refractivity contribution in [1.29, 1.82) is 0 Å². The molecule has 0 aliphatic rings. The van der Waals surface area contributed by atoms with Crippen molar-refractivity contribution in [3.05, 3.63) is 24.3 Å². The number of hydrogen-bond acceptors (Lipinski definition) is 5. The first-order valence-corrected chi connectivity index (χ1v) is 6.46. The van der Waals surface area contributed by atoms with Crippen molar-refractivity contribution in [1.82, 2.24) is 4.98 Å². The number of thiazole rings is 1. The molecule has 0 radical (unpaired) electrons. The van der Waals surface area contributed by atoms with E-state index in [9.17, 15) is 5.11 Å². The molecular weight excluding hydrogens is 228 g/mol. The topological polar surface area (TPSA) is 59.1 Å². The van der Waals surface area contributed by atoms with E-state index in [-0.39, 0.29) is 0 Å². The fourth-order valence-corrected chi connectivity index (χ4v) is 3.19. The van der Waals surface area contributed by atoms with Crippen LogP contribution in [-0.2, 0) is 0 Å². The van der Waals surface area contributed by atoms with Gasteiger partial charge in [-0.15, -0.1) is 11.3 Å². The number of fused-ring (bicyclic) bond motifs is 1. The van der Waals surface area contributed by atoms with Gasteiger partial charge in [-0.3, -0.25) is 0 Å². The molecule has 15 heavy (non-hydrogen) atoms. The summed E-state index contributed by atoms with van der Waals surface area (Å²) in [6.07, 6.45) is -0.443. The molecule has 2 aromatic rings. The molecule has 0 saturated heterocycles. The second kappa shape index (κ2) is 4.94. The summed E-state index contributed by atoms with van der Waals surface area (Å²) in [6.45, 7) is 0.303. The van der Waals surface area contributed by atoms with Crippen molar-refractivity contribution in [2.45, 2.75) is 10.4 Å². The van der Waals surface area contributed by atoms with Crippen LogP contribution in [0.25, 0.3) is 10.2 Å². The van der Waals surface area contributed by atoms with Crippen LogP contribution >= 0.6 is 23.1 Å². The Morgan fingerprint density at radius 3 is 3.00 bits per heavy atom. The standard InChI is InChI=1S/C10H12N2OS2/c11-5-7(13)6-14-10-12-8-3-1-2-4-9(8)15-10/h1-4,7,13H,5-6,11H2/t7-/m1/s1. The number of hydrogen-bond donors (Lipinski definition) is 2. The van der Waals surface area contributed by atoms with E-state index in [1.165, 1.54) is 4.70 Å². The van der Waals surface area contributed by atoms with Crippen LogP contribution in [0.5, 0.6) is 0 Å². The molecule has 0 amide bonds. The Balaban J connectivity index is 2.09.